The van der Waals surface area contributed by atoms with Crippen molar-refractivity contribution in [2.75, 3.05) is 11.9 Å². The summed E-state index contributed by atoms with van der Waals surface area (Å²) in [6.45, 7) is 0.0298. The van der Waals surface area contributed by atoms with E-state index in [2.05, 4.69) is 5.32 Å². The molecule has 3 nitrogen and oxygen atoms in total. The van der Waals surface area contributed by atoms with Gasteiger partial charge in [0.1, 0.15) is 6.61 Å². The molecule has 0 unspecified atom stereocenters. The Labute approximate surface area is 131 Å². The second-order valence-electron chi connectivity index (χ2n) is 4.28. The quantitative estimate of drug-likeness (QED) is 0.814. The molecule has 0 aliphatic rings. The smallest absolute Gasteiger partial charge is 0.411 e. The zero-order valence-electron chi connectivity index (χ0n) is 11.4. The summed E-state index contributed by atoms with van der Waals surface area (Å²) in [5, 5.41) is 2.13. The van der Waals surface area contributed by atoms with Crippen molar-refractivity contribution in [2.45, 2.75) is 0 Å². The molecule has 0 fully saturated rings. The van der Waals surface area contributed by atoms with E-state index in [0.717, 1.165) is 17.7 Å². The lowest BCUT2D eigenvalue weighted by Crippen LogP contribution is -2.14. The molecule has 6 heteroatoms. The van der Waals surface area contributed by atoms with E-state index in [1.54, 1.807) is 12.2 Å². The summed E-state index contributed by atoms with van der Waals surface area (Å²) in [7, 11) is 0. The minimum Gasteiger partial charge on any atom is -0.445 e. The zero-order chi connectivity index (χ0) is 15.9. The summed E-state index contributed by atoms with van der Waals surface area (Å²) in [4.78, 5) is 11.5. The topological polar surface area (TPSA) is 38.3 Å². The van der Waals surface area contributed by atoms with Gasteiger partial charge in [0.15, 0.2) is 11.6 Å². The fraction of sp³-hybridized carbons (Fsp3) is 0.0625. The first-order chi connectivity index (χ1) is 10.6. The van der Waals surface area contributed by atoms with E-state index in [-0.39, 0.29) is 17.3 Å². The van der Waals surface area contributed by atoms with Crippen molar-refractivity contribution in [3.05, 3.63) is 70.8 Å². The number of amides is 1. The van der Waals surface area contributed by atoms with Crippen LogP contribution in [0.1, 0.15) is 5.56 Å². The van der Waals surface area contributed by atoms with Crippen molar-refractivity contribution in [2.24, 2.45) is 0 Å². The highest BCUT2D eigenvalue weighted by molar-refractivity contribution is 6.33. The molecule has 22 heavy (non-hydrogen) atoms. The number of carbonyl (C=O) groups is 1. The van der Waals surface area contributed by atoms with Crippen molar-refractivity contribution in [1.29, 1.82) is 0 Å². The Hall–Kier alpha value is -2.40. The SMILES string of the molecule is O=C(Nc1cc(F)c(F)cc1Cl)OC/C=C\c1ccccc1. The van der Waals surface area contributed by atoms with Crippen LogP contribution in [0.15, 0.2) is 48.5 Å². The molecule has 0 radical (unpaired) electrons. The summed E-state index contributed by atoms with van der Waals surface area (Å²) < 4.78 is 30.8. The molecule has 0 bridgehead atoms. The second-order valence-corrected chi connectivity index (χ2v) is 4.69. The molecule has 114 valence electrons. The molecule has 2 aromatic rings. The molecule has 1 amide bonds. The standard InChI is InChI=1S/C16H12ClF2NO2/c17-12-9-13(18)14(19)10-15(12)20-16(21)22-8-4-7-11-5-2-1-3-6-11/h1-7,9-10H,8H2,(H,20,21)/b7-4-. The molecule has 2 rings (SSSR count). The number of hydrogen-bond acceptors (Lipinski definition) is 2. The van der Waals surface area contributed by atoms with Crippen LogP contribution in [0, 0.1) is 11.6 Å². The van der Waals surface area contributed by atoms with Gasteiger partial charge in [-0.1, -0.05) is 48.0 Å². The van der Waals surface area contributed by atoms with Crippen LogP contribution in [-0.2, 0) is 4.74 Å². The summed E-state index contributed by atoms with van der Waals surface area (Å²) in [6.07, 6.45) is 2.63. The van der Waals surface area contributed by atoms with Crippen molar-refractivity contribution < 1.29 is 18.3 Å². The second kappa shape index (κ2) is 7.56. The Kier molecular flexibility index (Phi) is 5.49. The Morgan fingerprint density at radius 1 is 1.18 bits per heavy atom. The van der Waals surface area contributed by atoms with E-state index in [9.17, 15) is 13.6 Å². The van der Waals surface area contributed by atoms with Gasteiger partial charge >= 0.3 is 6.09 Å². The minimum atomic E-state index is -1.11. The summed E-state index contributed by atoms with van der Waals surface area (Å²) >= 11 is 5.70. The van der Waals surface area contributed by atoms with E-state index in [1.807, 2.05) is 30.3 Å². The van der Waals surface area contributed by atoms with Crippen LogP contribution in [-0.4, -0.2) is 12.7 Å². The van der Waals surface area contributed by atoms with Crippen LogP contribution in [0.4, 0.5) is 19.3 Å². The lowest BCUT2D eigenvalue weighted by atomic mass is 10.2. The van der Waals surface area contributed by atoms with Gasteiger partial charge in [-0.2, -0.15) is 0 Å². The molecule has 0 spiro atoms. The van der Waals surface area contributed by atoms with Gasteiger partial charge < -0.3 is 4.74 Å². The molecule has 0 aliphatic heterocycles. The van der Waals surface area contributed by atoms with E-state index in [1.165, 1.54) is 0 Å². The molecular weight excluding hydrogens is 312 g/mol. The zero-order valence-corrected chi connectivity index (χ0v) is 12.1. The number of rotatable bonds is 4. The molecule has 1 N–H and O–H groups in total. The third-order valence-electron chi connectivity index (χ3n) is 2.67. The molecule has 0 aromatic heterocycles. The lowest BCUT2D eigenvalue weighted by Gasteiger charge is -2.07. The minimum absolute atomic E-state index is 0.0298. The fourth-order valence-corrected chi connectivity index (χ4v) is 1.83. The lowest BCUT2D eigenvalue weighted by molar-refractivity contribution is 0.174. The third kappa shape index (κ3) is 4.56. The first kappa shape index (κ1) is 16.0. The largest absolute Gasteiger partial charge is 0.445 e. The van der Waals surface area contributed by atoms with Crippen LogP contribution >= 0.6 is 11.6 Å². The van der Waals surface area contributed by atoms with Crippen LogP contribution < -0.4 is 5.32 Å². The van der Waals surface area contributed by atoms with Gasteiger partial charge in [-0.3, -0.25) is 5.32 Å². The number of anilines is 1. The van der Waals surface area contributed by atoms with Crippen LogP contribution in [0.5, 0.6) is 0 Å². The highest BCUT2D eigenvalue weighted by Gasteiger charge is 2.11. The van der Waals surface area contributed by atoms with E-state index in [4.69, 9.17) is 16.3 Å². The van der Waals surface area contributed by atoms with Gasteiger partial charge in [0.2, 0.25) is 0 Å². The van der Waals surface area contributed by atoms with Crippen molar-refractivity contribution in [1.82, 2.24) is 0 Å². The molecule has 0 atom stereocenters. The number of nitrogens with one attached hydrogen (secondary N) is 1. The van der Waals surface area contributed by atoms with Crippen molar-refractivity contribution >= 4 is 29.5 Å². The third-order valence-corrected chi connectivity index (χ3v) is 2.98. The van der Waals surface area contributed by atoms with Crippen LogP contribution in [0.2, 0.25) is 5.02 Å². The van der Waals surface area contributed by atoms with Gasteiger partial charge in [-0.15, -0.1) is 0 Å². The Bertz CT molecular complexity index is 690. The van der Waals surface area contributed by atoms with Gasteiger partial charge in [-0.25, -0.2) is 13.6 Å². The van der Waals surface area contributed by atoms with Crippen molar-refractivity contribution in [3.63, 3.8) is 0 Å². The van der Waals surface area contributed by atoms with Gasteiger partial charge in [0.05, 0.1) is 10.7 Å². The molecule has 0 aliphatic carbocycles. The molecule has 0 heterocycles. The normalized spacial score (nSPS) is 10.7. The number of carbonyl (C=O) groups excluding carboxylic acids is 1. The summed E-state index contributed by atoms with van der Waals surface area (Å²) in [5.74, 6) is -2.20. The monoisotopic (exact) mass is 323 g/mol. The highest BCUT2D eigenvalue weighted by Crippen LogP contribution is 2.24. The van der Waals surface area contributed by atoms with Crippen LogP contribution in [0.3, 0.4) is 0 Å². The maximum Gasteiger partial charge on any atom is 0.411 e. The van der Waals surface area contributed by atoms with E-state index in [0.29, 0.717) is 0 Å². The fourth-order valence-electron chi connectivity index (χ4n) is 1.64. The maximum atomic E-state index is 13.1. The average Bonchev–Trinajstić information content (AvgIpc) is 2.50. The number of benzene rings is 2. The van der Waals surface area contributed by atoms with Gasteiger partial charge in [-0.05, 0) is 17.7 Å². The van der Waals surface area contributed by atoms with Crippen LogP contribution in [0.25, 0.3) is 6.08 Å². The van der Waals surface area contributed by atoms with Gasteiger partial charge in [0, 0.05) is 6.07 Å². The first-order valence-corrected chi connectivity index (χ1v) is 6.74. The Morgan fingerprint density at radius 3 is 2.59 bits per heavy atom. The molecule has 0 saturated carbocycles. The molecular formula is C16H12ClF2NO2. The Balaban J connectivity index is 1.86. The number of ether oxygens (including phenoxy) is 1. The van der Waals surface area contributed by atoms with Crippen molar-refractivity contribution in [3.8, 4) is 0 Å². The molecule has 0 saturated heterocycles. The average molecular weight is 324 g/mol. The van der Waals surface area contributed by atoms with E-state index < -0.39 is 17.7 Å². The summed E-state index contributed by atoms with van der Waals surface area (Å²) in [5.41, 5.74) is 0.910. The molecule has 2 aromatic carbocycles. The highest BCUT2D eigenvalue weighted by atomic mass is 35.5. The number of hydrogen-bond donors (Lipinski definition) is 1. The number of halogens is 3. The predicted octanol–water partition coefficient (Wildman–Crippen LogP) is 4.88. The summed E-state index contributed by atoms with van der Waals surface area (Å²) in [6, 6.07) is 11.0. The predicted molar refractivity (Wildman–Crippen MR) is 81.8 cm³/mol. The maximum absolute atomic E-state index is 13.1. The van der Waals surface area contributed by atoms with Gasteiger partial charge in [0.25, 0.3) is 0 Å². The first-order valence-electron chi connectivity index (χ1n) is 6.36. The van der Waals surface area contributed by atoms with E-state index >= 15 is 0 Å². The Morgan fingerprint density at radius 2 is 1.86 bits per heavy atom.